The maximum Gasteiger partial charge on any atom is 0.359 e. The molecule has 0 fully saturated rings. The predicted octanol–water partition coefficient (Wildman–Crippen LogP) is 2.77. The van der Waals surface area contributed by atoms with E-state index in [9.17, 15) is 9.59 Å². The fourth-order valence-electron chi connectivity index (χ4n) is 2.45. The minimum atomic E-state index is -0.693. The highest BCUT2D eigenvalue weighted by atomic mass is 16.6. The second kappa shape index (κ2) is 5.08. The van der Waals surface area contributed by atoms with E-state index in [1.165, 1.54) is 0 Å². The predicted molar refractivity (Wildman–Crippen MR) is 87.3 cm³/mol. The number of benzene rings is 1. The van der Waals surface area contributed by atoms with E-state index in [-0.39, 0.29) is 11.4 Å². The summed E-state index contributed by atoms with van der Waals surface area (Å²) in [5, 5.41) is 1.60. The molecule has 6 nitrogen and oxygen atoms in total. The number of pyridine rings is 1. The van der Waals surface area contributed by atoms with Gasteiger partial charge in [0, 0.05) is 16.3 Å². The topological polar surface area (TPSA) is 98.1 Å². The van der Waals surface area contributed by atoms with E-state index < -0.39 is 17.5 Å². The summed E-state index contributed by atoms with van der Waals surface area (Å²) in [7, 11) is 0. The van der Waals surface area contributed by atoms with Crippen molar-refractivity contribution in [3.05, 3.63) is 41.7 Å². The average Bonchev–Trinajstić information content (AvgIpc) is 2.82. The molecule has 3 N–H and O–H groups in total. The van der Waals surface area contributed by atoms with Crippen LogP contribution in [0.3, 0.4) is 0 Å². The summed E-state index contributed by atoms with van der Waals surface area (Å²) >= 11 is 0. The van der Waals surface area contributed by atoms with E-state index in [1.807, 2.05) is 24.3 Å². The molecule has 23 heavy (non-hydrogen) atoms. The standard InChI is InChI=1S/C17H17N3O3/c1-17(2,3)23-16(22)14-13-10(8-12(20-14)15(18)21)9-6-4-5-7-11(9)19-13/h4-8,19H,1-3H3,(H2,18,21). The molecule has 3 aromatic rings. The lowest BCUT2D eigenvalue weighted by Crippen LogP contribution is -2.25. The Morgan fingerprint density at radius 3 is 2.52 bits per heavy atom. The number of carbonyl (C=O) groups excluding carboxylic acids is 2. The van der Waals surface area contributed by atoms with Crippen LogP contribution in [0.2, 0.25) is 0 Å². The number of rotatable bonds is 2. The van der Waals surface area contributed by atoms with Gasteiger partial charge >= 0.3 is 5.97 Å². The molecule has 2 heterocycles. The third kappa shape index (κ3) is 2.75. The van der Waals surface area contributed by atoms with Crippen LogP contribution in [0.25, 0.3) is 21.8 Å². The Morgan fingerprint density at radius 2 is 1.87 bits per heavy atom. The first-order valence-corrected chi connectivity index (χ1v) is 7.21. The minimum Gasteiger partial charge on any atom is -0.455 e. The van der Waals surface area contributed by atoms with Crippen LogP contribution >= 0.6 is 0 Å². The number of para-hydroxylation sites is 1. The smallest absolute Gasteiger partial charge is 0.359 e. The third-order valence-electron chi connectivity index (χ3n) is 3.34. The number of primary amides is 1. The summed E-state index contributed by atoms with van der Waals surface area (Å²) in [6.07, 6.45) is 0. The summed E-state index contributed by atoms with van der Waals surface area (Å²) in [6, 6.07) is 9.14. The van der Waals surface area contributed by atoms with Gasteiger partial charge in [0.2, 0.25) is 0 Å². The van der Waals surface area contributed by atoms with E-state index in [0.717, 1.165) is 10.9 Å². The fourth-order valence-corrected chi connectivity index (χ4v) is 2.45. The van der Waals surface area contributed by atoms with Crippen molar-refractivity contribution in [2.75, 3.05) is 0 Å². The monoisotopic (exact) mass is 311 g/mol. The van der Waals surface area contributed by atoms with Crippen molar-refractivity contribution in [1.29, 1.82) is 0 Å². The van der Waals surface area contributed by atoms with E-state index in [0.29, 0.717) is 10.9 Å². The molecule has 3 rings (SSSR count). The number of nitrogens with two attached hydrogens (primary N) is 1. The van der Waals surface area contributed by atoms with Crippen LogP contribution < -0.4 is 5.73 Å². The number of hydrogen-bond donors (Lipinski definition) is 2. The summed E-state index contributed by atoms with van der Waals surface area (Å²) < 4.78 is 5.39. The van der Waals surface area contributed by atoms with Crippen LogP contribution in [0.4, 0.5) is 0 Å². The molecule has 0 saturated carbocycles. The molecule has 0 unspecified atom stereocenters. The van der Waals surface area contributed by atoms with E-state index >= 15 is 0 Å². The Morgan fingerprint density at radius 1 is 1.17 bits per heavy atom. The number of nitrogens with zero attached hydrogens (tertiary/aromatic N) is 1. The van der Waals surface area contributed by atoms with Crippen LogP contribution in [0.5, 0.6) is 0 Å². The third-order valence-corrected chi connectivity index (χ3v) is 3.34. The van der Waals surface area contributed by atoms with Crippen molar-refractivity contribution in [3.63, 3.8) is 0 Å². The lowest BCUT2D eigenvalue weighted by molar-refractivity contribution is 0.00651. The van der Waals surface area contributed by atoms with Crippen molar-refractivity contribution in [2.45, 2.75) is 26.4 Å². The minimum absolute atomic E-state index is 0.0307. The molecular formula is C17H17N3O3. The van der Waals surface area contributed by atoms with Crippen LogP contribution in [-0.2, 0) is 4.74 Å². The summed E-state index contributed by atoms with van der Waals surface area (Å²) in [4.78, 5) is 31.3. The second-order valence-electron chi connectivity index (χ2n) is 6.32. The molecule has 1 aromatic carbocycles. The van der Waals surface area contributed by atoms with Crippen LogP contribution in [0.15, 0.2) is 30.3 Å². The largest absolute Gasteiger partial charge is 0.455 e. The molecule has 0 saturated heterocycles. The molecule has 0 atom stereocenters. The Hall–Kier alpha value is -2.89. The van der Waals surface area contributed by atoms with Gasteiger partial charge in [0.25, 0.3) is 5.91 Å². The van der Waals surface area contributed by atoms with Crippen molar-refractivity contribution >= 4 is 33.7 Å². The van der Waals surface area contributed by atoms with Gasteiger partial charge in [0.1, 0.15) is 11.3 Å². The first-order chi connectivity index (χ1) is 10.8. The van der Waals surface area contributed by atoms with E-state index in [4.69, 9.17) is 10.5 Å². The maximum atomic E-state index is 12.5. The van der Waals surface area contributed by atoms with Gasteiger partial charge in [-0.1, -0.05) is 18.2 Å². The zero-order chi connectivity index (χ0) is 16.8. The van der Waals surface area contributed by atoms with Gasteiger partial charge in [0.05, 0.1) is 5.52 Å². The van der Waals surface area contributed by atoms with Gasteiger partial charge in [-0.25, -0.2) is 9.78 Å². The Kier molecular flexibility index (Phi) is 3.32. The van der Waals surface area contributed by atoms with Gasteiger partial charge in [-0.05, 0) is 32.9 Å². The Balaban J connectivity index is 2.30. The zero-order valence-electron chi connectivity index (χ0n) is 13.1. The average molecular weight is 311 g/mol. The highest BCUT2D eigenvalue weighted by molar-refractivity contribution is 6.14. The first-order valence-electron chi connectivity index (χ1n) is 7.21. The molecule has 0 bridgehead atoms. The van der Waals surface area contributed by atoms with Crippen molar-refractivity contribution in [2.24, 2.45) is 5.73 Å². The zero-order valence-corrected chi connectivity index (χ0v) is 13.1. The fraction of sp³-hybridized carbons (Fsp3) is 0.235. The van der Waals surface area contributed by atoms with Gasteiger partial charge in [-0.3, -0.25) is 4.79 Å². The molecular weight excluding hydrogens is 294 g/mol. The lowest BCUT2D eigenvalue weighted by atomic mass is 10.1. The quantitative estimate of drug-likeness (QED) is 0.711. The second-order valence-corrected chi connectivity index (χ2v) is 6.32. The summed E-state index contributed by atoms with van der Waals surface area (Å²) in [5.41, 5.74) is 6.15. The molecule has 0 radical (unpaired) electrons. The van der Waals surface area contributed by atoms with Crippen molar-refractivity contribution in [3.8, 4) is 0 Å². The Bertz CT molecular complexity index is 935. The number of aromatic nitrogens is 2. The highest BCUT2D eigenvalue weighted by Gasteiger charge is 2.24. The van der Waals surface area contributed by atoms with Gasteiger partial charge < -0.3 is 15.5 Å². The van der Waals surface area contributed by atoms with Gasteiger partial charge in [-0.2, -0.15) is 0 Å². The molecule has 118 valence electrons. The molecule has 1 amide bonds. The highest BCUT2D eigenvalue weighted by Crippen LogP contribution is 2.28. The number of carbonyl (C=O) groups is 2. The van der Waals surface area contributed by atoms with Crippen LogP contribution in [0.1, 0.15) is 41.7 Å². The van der Waals surface area contributed by atoms with Crippen LogP contribution in [-0.4, -0.2) is 27.4 Å². The molecule has 0 aliphatic carbocycles. The molecule has 2 aromatic heterocycles. The van der Waals surface area contributed by atoms with Crippen molar-refractivity contribution < 1.29 is 14.3 Å². The number of nitrogens with one attached hydrogen (secondary N) is 1. The molecule has 0 aliphatic rings. The molecule has 0 spiro atoms. The Labute approximate surface area is 132 Å². The number of ether oxygens (including phenoxy) is 1. The number of H-pyrrole nitrogens is 1. The summed E-state index contributed by atoms with van der Waals surface area (Å²) in [5.74, 6) is -1.29. The molecule has 0 aliphatic heterocycles. The first kappa shape index (κ1) is 15.0. The number of fused-ring (bicyclic) bond motifs is 3. The molecule has 6 heteroatoms. The SMILES string of the molecule is CC(C)(C)OC(=O)c1nc(C(N)=O)cc2c1[nH]c1ccccc12. The number of esters is 1. The lowest BCUT2D eigenvalue weighted by Gasteiger charge is -2.19. The summed E-state index contributed by atoms with van der Waals surface area (Å²) in [6.45, 7) is 5.31. The number of amides is 1. The van der Waals surface area contributed by atoms with Gasteiger partial charge in [0.15, 0.2) is 5.69 Å². The number of aromatic amines is 1. The maximum absolute atomic E-state index is 12.5. The normalized spacial score (nSPS) is 11.8. The van der Waals surface area contributed by atoms with E-state index in [2.05, 4.69) is 9.97 Å². The van der Waals surface area contributed by atoms with Crippen LogP contribution in [0, 0.1) is 0 Å². The van der Waals surface area contributed by atoms with Crippen molar-refractivity contribution in [1.82, 2.24) is 9.97 Å². The number of hydrogen-bond acceptors (Lipinski definition) is 4. The van der Waals surface area contributed by atoms with Gasteiger partial charge in [-0.15, -0.1) is 0 Å². The van der Waals surface area contributed by atoms with E-state index in [1.54, 1.807) is 26.8 Å².